The summed E-state index contributed by atoms with van der Waals surface area (Å²) in [4.78, 5) is 25.0. The van der Waals surface area contributed by atoms with Crippen molar-refractivity contribution in [3.8, 4) is 5.75 Å². The van der Waals surface area contributed by atoms with E-state index in [1.54, 1.807) is 25.1 Å². The lowest BCUT2D eigenvalue weighted by Gasteiger charge is -2.15. The molecular formula is C24H21F3N2O3. The van der Waals surface area contributed by atoms with Gasteiger partial charge in [-0.1, -0.05) is 24.3 Å². The van der Waals surface area contributed by atoms with Gasteiger partial charge in [-0.25, -0.2) is 0 Å². The second kappa shape index (κ2) is 9.55. The molecule has 0 aromatic heterocycles. The van der Waals surface area contributed by atoms with Gasteiger partial charge in [0.1, 0.15) is 5.75 Å². The van der Waals surface area contributed by atoms with Crippen LogP contribution < -0.4 is 15.4 Å². The van der Waals surface area contributed by atoms with Gasteiger partial charge in [-0.3, -0.25) is 9.59 Å². The zero-order valence-corrected chi connectivity index (χ0v) is 17.4. The fourth-order valence-electron chi connectivity index (χ4n) is 2.90. The van der Waals surface area contributed by atoms with Crippen molar-refractivity contribution in [2.24, 2.45) is 0 Å². The van der Waals surface area contributed by atoms with Crippen LogP contribution >= 0.6 is 0 Å². The van der Waals surface area contributed by atoms with Crippen molar-refractivity contribution in [1.82, 2.24) is 0 Å². The summed E-state index contributed by atoms with van der Waals surface area (Å²) >= 11 is 0. The van der Waals surface area contributed by atoms with Gasteiger partial charge >= 0.3 is 6.18 Å². The number of hydrogen-bond donors (Lipinski definition) is 2. The first-order valence-electron chi connectivity index (χ1n) is 9.75. The van der Waals surface area contributed by atoms with Gasteiger partial charge in [0.05, 0.1) is 5.56 Å². The third-order valence-electron chi connectivity index (χ3n) is 4.51. The maximum absolute atomic E-state index is 12.9. The van der Waals surface area contributed by atoms with E-state index in [4.69, 9.17) is 4.74 Å². The zero-order valence-electron chi connectivity index (χ0n) is 17.4. The van der Waals surface area contributed by atoms with Gasteiger partial charge < -0.3 is 15.4 Å². The molecule has 8 heteroatoms. The Hall–Kier alpha value is -3.81. The SMILES string of the molecule is Cc1cccc(OC(C)C(=O)Nc2cccc(C(=O)Nc3cccc(C(F)(F)F)c3)c2)c1. The molecule has 166 valence electrons. The molecule has 2 N–H and O–H groups in total. The van der Waals surface area contributed by atoms with Gasteiger partial charge in [-0.05, 0) is 67.9 Å². The van der Waals surface area contributed by atoms with Crippen LogP contribution in [0.1, 0.15) is 28.4 Å². The molecule has 3 aromatic rings. The third kappa shape index (κ3) is 6.10. The van der Waals surface area contributed by atoms with E-state index in [0.717, 1.165) is 17.7 Å². The summed E-state index contributed by atoms with van der Waals surface area (Å²) in [5.74, 6) is -0.465. The van der Waals surface area contributed by atoms with Crippen molar-refractivity contribution >= 4 is 23.2 Å². The van der Waals surface area contributed by atoms with Gasteiger partial charge in [0, 0.05) is 16.9 Å². The number of hydrogen-bond acceptors (Lipinski definition) is 3. The Labute approximate surface area is 183 Å². The van der Waals surface area contributed by atoms with Crippen LogP contribution in [0.15, 0.2) is 72.8 Å². The fraction of sp³-hybridized carbons (Fsp3) is 0.167. The van der Waals surface area contributed by atoms with Crippen LogP contribution in [0.25, 0.3) is 0 Å². The number of ether oxygens (including phenoxy) is 1. The first-order valence-corrected chi connectivity index (χ1v) is 9.75. The molecule has 0 heterocycles. The van der Waals surface area contributed by atoms with E-state index in [1.165, 1.54) is 24.3 Å². The van der Waals surface area contributed by atoms with Crippen molar-refractivity contribution < 1.29 is 27.5 Å². The minimum Gasteiger partial charge on any atom is -0.481 e. The van der Waals surface area contributed by atoms with Crippen LogP contribution in [0.3, 0.4) is 0 Å². The summed E-state index contributed by atoms with van der Waals surface area (Å²) in [7, 11) is 0. The van der Waals surface area contributed by atoms with Crippen molar-refractivity contribution in [2.45, 2.75) is 26.1 Å². The third-order valence-corrected chi connectivity index (χ3v) is 4.51. The molecule has 2 amide bonds. The Morgan fingerprint density at radius 2 is 1.53 bits per heavy atom. The quantitative estimate of drug-likeness (QED) is 0.517. The molecule has 32 heavy (non-hydrogen) atoms. The summed E-state index contributed by atoms with van der Waals surface area (Å²) in [5.41, 5.74) is 0.673. The van der Waals surface area contributed by atoms with E-state index in [1.807, 2.05) is 25.1 Å². The Morgan fingerprint density at radius 3 is 2.22 bits per heavy atom. The average molecular weight is 442 g/mol. The summed E-state index contributed by atoms with van der Waals surface area (Å²) in [6, 6.07) is 17.7. The minimum atomic E-state index is -4.51. The smallest absolute Gasteiger partial charge is 0.416 e. The van der Waals surface area contributed by atoms with Gasteiger partial charge in [0.25, 0.3) is 11.8 Å². The number of aryl methyl sites for hydroxylation is 1. The van der Waals surface area contributed by atoms with Gasteiger partial charge in [-0.15, -0.1) is 0 Å². The van der Waals surface area contributed by atoms with Crippen molar-refractivity contribution in [2.75, 3.05) is 10.6 Å². The molecule has 0 spiro atoms. The number of carbonyl (C=O) groups excluding carboxylic acids is 2. The lowest BCUT2D eigenvalue weighted by atomic mass is 10.1. The zero-order chi connectivity index (χ0) is 23.3. The highest BCUT2D eigenvalue weighted by Crippen LogP contribution is 2.30. The maximum atomic E-state index is 12.9. The molecule has 3 rings (SSSR count). The van der Waals surface area contributed by atoms with E-state index in [2.05, 4.69) is 10.6 Å². The predicted molar refractivity (Wildman–Crippen MR) is 116 cm³/mol. The van der Waals surface area contributed by atoms with Crippen LogP contribution in [0.4, 0.5) is 24.5 Å². The lowest BCUT2D eigenvalue weighted by molar-refractivity contribution is -0.137. The number of benzene rings is 3. The van der Waals surface area contributed by atoms with Crippen molar-refractivity contribution in [3.63, 3.8) is 0 Å². The fourth-order valence-corrected chi connectivity index (χ4v) is 2.90. The Morgan fingerprint density at radius 1 is 0.875 bits per heavy atom. The molecule has 1 unspecified atom stereocenters. The monoisotopic (exact) mass is 442 g/mol. The Kier molecular flexibility index (Phi) is 6.82. The maximum Gasteiger partial charge on any atom is 0.416 e. The molecule has 0 aliphatic carbocycles. The number of carbonyl (C=O) groups is 2. The summed E-state index contributed by atoms with van der Waals surface area (Å²) in [6.45, 7) is 3.51. The molecule has 3 aromatic carbocycles. The number of rotatable bonds is 6. The van der Waals surface area contributed by atoms with Crippen LogP contribution in [0, 0.1) is 6.92 Å². The van der Waals surface area contributed by atoms with Crippen molar-refractivity contribution in [3.05, 3.63) is 89.5 Å². The van der Waals surface area contributed by atoms with E-state index >= 15 is 0 Å². The molecule has 0 aliphatic rings. The summed E-state index contributed by atoms with van der Waals surface area (Å²) < 4.78 is 44.2. The molecule has 5 nitrogen and oxygen atoms in total. The number of alkyl halides is 3. The second-order valence-corrected chi connectivity index (χ2v) is 7.18. The standard InChI is InChI=1S/C24H21F3N2O3/c1-15-6-3-11-21(12-15)32-16(2)22(30)28-19-9-4-7-17(13-19)23(31)29-20-10-5-8-18(14-20)24(25,26)27/h3-14,16H,1-2H3,(H,28,30)(H,29,31). The predicted octanol–water partition coefficient (Wildman–Crippen LogP) is 5.67. The molecular weight excluding hydrogens is 421 g/mol. The van der Waals surface area contributed by atoms with Crippen LogP contribution in [0.5, 0.6) is 5.75 Å². The van der Waals surface area contributed by atoms with Gasteiger partial charge in [-0.2, -0.15) is 13.2 Å². The van der Waals surface area contributed by atoms with Gasteiger partial charge in [0.2, 0.25) is 0 Å². The minimum absolute atomic E-state index is 0.0134. The number of halogens is 3. The molecule has 0 aliphatic heterocycles. The summed E-state index contributed by atoms with van der Waals surface area (Å²) in [6.07, 6.45) is -5.30. The Bertz CT molecular complexity index is 1130. The Balaban J connectivity index is 1.65. The second-order valence-electron chi connectivity index (χ2n) is 7.18. The highest BCUT2D eigenvalue weighted by atomic mass is 19.4. The highest BCUT2D eigenvalue weighted by molar-refractivity contribution is 6.05. The number of nitrogens with one attached hydrogen (secondary N) is 2. The number of amides is 2. The highest BCUT2D eigenvalue weighted by Gasteiger charge is 2.30. The molecule has 1 atom stereocenters. The van der Waals surface area contributed by atoms with Crippen molar-refractivity contribution in [1.29, 1.82) is 0 Å². The molecule has 0 bridgehead atoms. The van der Waals surface area contributed by atoms with E-state index in [0.29, 0.717) is 11.4 Å². The van der Waals surface area contributed by atoms with Crippen LogP contribution in [-0.4, -0.2) is 17.9 Å². The topological polar surface area (TPSA) is 67.4 Å². The van der Waals surface area contributed by atoms with E-state index < -0.39 is 29.7 Å². The van der Waals surface area contributed by atoms with Gasteiger partial charge in [0.15, 0.2) is 6.10 Å². The lowest BCUT2D eigenvalue weighted by Crippen LogP contribution is -2.30. The first-order chi connectivity index (χ1) is 15.1. The first kappa shape index (κ1) is 22.9. The molecule has 0 radical (unpaired) electrons. The average Bonchev–Trinajstić information content (AvgIpc) is 2.73. The summed E-state index contributed by atoms with van der Waals surface area (Å²) in [5, 5.41) is 5.11. The van der Waals surface area contributed by atoms with E-state index in [-0.39, 0.29) is 11.3 Å². The molecule has 0 saturated heterocycles. The number of anilines is 2. The largest absolute Gasteiger partial charge is 0.481 e. The van der Waals surface area contributed by atoms with Crippen LogP contribution in [0.2, 0.25) is 0 Å². The molecule has 0 fully saturated rings. The normalized spacial score (nSPS) is 12.0. The van der Waals surface area contributed by atoms with E-state index in [9.17, 15) is 22.8 Å². The van der Waals surface area contributed by atoms with Crippen LogP contribution in [-0.2, 0) is 11.0 Å². The molecule has 0 saturated carbocycles.